The van der Waals surface area contributed by atoms with Crippen LogP contribution in [0.3, 0.4) is 0 Å². The Morgan fingerprint density at radius 3 is 2.60 bits per heavy atom. The molecule has 1 fully saturated rings. The van der Waals surface area contributed by atoms with E-state index in [9.17, 15) is 9.59 Å². The zero-order valence-corrected chi connectivity index (χ0v) is 12.5. The van der Waals surface area contributed by atoms with Crippen molar-refractivity contribution in [2.45, 2.75) is 44.8 Å². The first-order valence-electron chi connectivity index (χ1n) is 6.36. The summed E-state index contributed by atoms with van der Waals surface area (Å²) in [6.45, 7) is 5.34. The number of hydrogen-bond donors (Lipinski definition) is 2. The molecule has 0 saturated heterocycles. The second kappa shape index (κ2) is 5.05. The van der Waals surface area contributed by atoms with E-state index >= 15 is 0 Å². The van der Waals surface area contributed by atoms with Gasteiger partial charge in [0.25, 0.3) is 0 Å². The molecule has 1 aliphatic rings. The Morgan fingerprint density at radius 1 is 1.50 bits per heavy atom. The van der Waals surface area contributed by atoms with Crippen LogP contribution in [0.25, 0.3) is 0 Å². The smallest absolute Gasteiger partial charge is 0.408 e. The van der Waals surface area contributed by atoms with Crippen LogP contribution >= 0.6 is 11.3 Å². The third-order valence-corrected chi connectivity index (χ3v) is 4.10. The monoisotopic (exact) mass is 298 g/mol. The van der Waals surface area contributed by atoms with Gasteiger partial charge in [0, 0.05) is 11.6 Å². The zero-order chi connectivity index (χ0) is 15.0. The SMILES string of the molecule is CC(C)(C)OC(=O)NC1(c2nccs2)CC(C(=O)O)C1. The zero-order valence-electron chi connectivity index (χ0n) is 11.7. The first kappa shape index (κ1) is 14.8. The van der Waals surface area contributed by atoms with Crippen molar-refractivity contribution >= 4 is 23.4 Å². The van der Waals surface area contributed by atoms with Gasteiger partial charge >= 0.3 is 12.1 Å². The minimum absolute atomic E-state index is 0.342. The summed E-state index contributed by atoms with van der Waals surface area (Å²) in [7, 11) is 0. The van der Waals surface area contributed by atoms with E-state index in [1.807, 2.05) is 5.38 Å². The molecule has 0 aromatic carbocycles. The Hall–Kier alpha value is -1.63. The molecule has 6 nitrogen and oxygen atoms in total. The minimum Gasteiger partial charge on any atom is -0.481 e. The van der Waals surface area contributed by atoms with Gasteiger partial charge in [-0.15, -0.1) is 11.3 Å². The van der Waals surface area contributed by atoms with E-state index in [1.54, 1.807) is 27.0 Å². The highest BCUT2D eigenvalue weighted by atomic mass is 32.1. The Morgan fingerprint density at radius 2 is 2.15 bits per heavy atom. The number of alkyl carbamates (subject to hydrolysis) is 1. The van der Waals surface area contributed by atoms with Crippen LogP contribution < -0.4 is 5.32 Å². The first-order valence-corrected chi connectivity index (χ1v) is 7.24. The lowest BCUT2D eigenvalue weighted by Gasteiger charge is -2.44. The highest BCUT2D eigenvalue weighted by molar-refractivity contribution is 7.09. The molecule has 2 rings (SSSR count). The number of carbonyl (C=O) groups excluding carboxylic acids is 1. The van der Waals surface area contributed by atoms with E-state index in [2.05, 4.69) is 10.3 Å². The molecule has 110 valence electrons. The minimum atomic E-state index is -0.844. The number of rotatable bonds is 3. The quantitative estimate of drug-likeness (QED) is 0.894. The van der Waals surface area contributed by atoms with Crippen LogP contribution in [-0.2, 0) is 15.1 Å². The summed E-state index contributed by atoms with van der Waals surface area (Å²) in [5, 5.41) is 14.4. The largest absolute Gasteiger partial charge is 0.481 e. The molecular formula is C13H18N2O4S. The summed E-state index contributed by atoms with van der Waals surface area (Å²) < 4.78 is 5.24. The molecule has 0 radical (unpaired) electrons. The average Bonchev–Trinajstić information content (AvgIpc) is 2.72. The lowest BCUT2D eigenvalue weighted by atomic mass is 9.68. The topological polar surface area (TPSA) is 88.5 Å². The average molecular weight is 298 g/mol. The molecule has 2 N–H and O–H groups in total. The van der Waals surface area contributed by atoms with Gasteiger partial charge in [-0.1, -0.05) is 0 Å². The Balaban J connectivity index is 2.10. The van der Waals surface area contributed by atoms with Crippen LogP contribution in [0.15, 0.2) is 11.6 Å². The van der Waals surface area contributed by atoms with Crippen molar-refractivity contribution in [3.63, 3.8) is 0 Å². The summed E-state index contributed by atoms with van der Waals surface area (Å²) in [5.41, 5.74) is -1.30. The van der Waals surface area contributed by atoms with Crippen molar-refractivity contribution in [3.05, 3.63) is 16.6 Å². The molecule has 1 aliphatic carbocycles. The van der Waals surface area contributed by atoms with E-state index in [4.69, 9.17) is 9.84 Å². The third-order valence-electron chi connectivity index (χ3n) is 3.12. The first-order chi connectivity index (χ1) is 9.22. The predicted octanol–water partition coefficient (Wildman–Crippen LogP) is 2.36. The number of nitrogens with one attached hydrogen (secondary N) is 1. The number of aliphatic carboxylic acids is 1. The van der Waals surface area contributed by atoms with Gasteiger partial charge in [0.1, 0.15) is 10.6 Å². The van der Waals surface area contributed by atoms with Gasteiger partial charge in [0.15, 0.2) is 0 Å². The second-order valence-corrected chi connectivity index (χ2v) is 6.88. The van der Waals surface area contributed by atoms with Gasteiger partial charge < -0.3 is 15.2 Å². The molecule has 0 bridgehead atoms. The summed E-state index contributed by atoms with van der Waals surface area (Å²) in [6.07, 6.45) is 1.79. The normalized spacial score (nSPS) is 25.6. The fourth-order valence-electron chi connectivity index (χ4n) is 2.25. The van der Waals surface area contributed by atoms with Crippen molar-refractivity contribution in [1.29, 1.82) is 0 Å². The molecule has 1 aromatic heterocycles. The summed E-state index contributed by atoms with van der Waals surface area (Å²) in [5.74, 6) is -1.29. The van der Waals surface area contributed by atoms with E-state index in [-0.39, 0.29) is 0 Å². The third kappa shape index (κ3) is 3.09. The molecule has 0 spiro atoms. The maximum absolute atomic E-state index is 11.9. The highest BCUT2D eigenvalue weighted by Crippen LogP contribution is 2.46. The number of hydrogen-bond acceptors (Lipinski definition) is 5. The summed E-state index contributed by atoms with van der Waals surface area (Å²) in [6, 6.07) is 0. The Labute approximate surface area is 121 Å². The van der Waals surface area contributed by atoms with Crippen LogP contribution in [0.5, 0.6) is 0 Å². The van der Waals surface area contributed by atoms with Gasteiger partial charge in [0.05, 0.1) is 11.5 Å². The fraction of sp³-hybridized carbons (Fsp3) is 0.615. The van der Waals surface area contributed by atoms with Crippen molar-refractivity contribution in [3.8, 4) is 0 Å². The lowest BCUT2D eigenvalue weighted by molar-refractivity contribution is -0.148. The molecule has 0 aliphatic heterocycles. The van der Waals surface area contributed by atoms with Crippen LogP contribution in [0, 0.1) is 5.92 Å². The molecule has 1 aromatic rings. The number of carboxylic acids is 1. The van der Waals surface area contributed by atoms with Crippen LogP contribution in [-0.4, -0.2) is 27.8 Å². The number of ether oxygens (including phenoxy) is 1. The fourth-order valence-corrected chi connectivity index (χ4v) is 3.06. The maximum atomic E-state index is 11.9. The van der Waals surface area contributed by atoms with E-state index in [0.29, 0.717) is 12.8 Å². The van der Waals surface area contributed by atoms with Crippen molar-refractivity contribution < 1.29 is 19.4 Å². The lowest BCUT2D eigenvalue weighted by Crippen LogP contribution is -2.57. The van der Waals surface area contributed by atoms with Crippen LogP contribution in [0.2, 0.25) is 0 Å². The number of nitrogens with zero attached hydrogens (tertiary/aromatic N) is 1. The van der Waals surface area contributed by atoms with E-state index in [1.165, 1.54) is 11.3 Å². The molecule has 0 atom stereocenters. The van der Waals surface area contributed by atoms with E-state index in [0.717, 1.165) is 5.01 Å². The number of aromatic nitrogens is 1. The highest BCUT2D eigenvalue weighted by Gasteiger charge is 2.52. The van der Waals surface area contributed by atoms with Crippen molar-refractivity contribution in [1.82, 2.24) is 10.3 Å². The van der Waals surface area contributed by atoms with Gasteiger partial charge in [-0.2, -0.15) is 0 Å². The maximum Gasteiger partial charge on any atom is 0.408 e. The van der Waals surface area contributed by atoms with Crippen molar-refractivity contribution in [2.24, 2.45) is 5.92 Å². The molecule has 1 amide bonds. The van der Waals surface area contributed by atoms with Crippen molar-refractivity contribution in [2.75, 3.05) is 0 Å². The van der Waals surface area contributed by atoms with Crippen LogP contribution in [0.1, 0.15) is 38.6 Å². The number of carbonyl (C=O) groups is 2. The van der Waals surface area contributed by atoms with Gasteiger partial charge in [-0.05, 0) is 33.6 Å². The molecule has 7 heteroatoms. The molecule has 1 saturated carbocycles. The number of thiazole rings is 1. The molecule has 0 unspecified atom stereocenters. The van der Waals surface area contributed by atoms with Gasteiger partial charge in [-0.25, -0.2) is 9.78 Å². The van der Waals surface area contributed by atoms with Crippen LogP contribution in [0.4, 0.5) is 4.79 Å². The van der Waals surface area contributed by atoms with Gasteiger partial charge in [0.2, 0.25) is 0 Å². The second-order valence-electron chi connectivity index (χ2n) is 5.99. The predicted molar refractivity (Wildman–Crippen MR) is 73.5 cm³/mol. The standard InChI is InChI=1S/C13H18N2O4S/c1-12(2,3)19-11(18)15-13(10-14-4-5-20-10)6-8(7-13)9(16)17/h4-5,8H,6-7H2,1-3H3,(H,15,18)(H,16,17). The molecule has 1 heterocycles. The molecule has 20 heavy (non-hydrogen) atoms. The van der Waals surface area contributed by atoms with Gasteiger partial charge in [-0.3, -0.25) is 4.79 Å². The summed E-state index contributed by atoms with van der Waals surface area (Å²) in [4.78, 5) is 27.1. The number of amides is 1. The van der Waals surface area contributed by atoms with E-state index < -0.39 is 29.1 Å². The Bertz CT molecular complexity index is 501. The summed E-state index contributed by atoms with van der Waals surface area (Å²) >= 11 is 1.41. The Kier molecular flexibility index (Phi) is 3.73. The molecular weight excluding hydrogens is 280 g/mol. The number of carboxylic acid groups (broad SMARTS) is 1.